The van der Waals surface area contributed by atoms with E-state index in [-0.39, 0.29) is 17.6 Å². The molecule has 0 bridgehead atoms. The molecule has 0 radical (unpaired) electrons. The number of rotatable bonds is 7. The zero-order valence-corrected chi connectivity index (χ0v) is 20.2. The first kappa shape index (κ1) is 24.1. The van der Waals surface area contributed by atoms with Crippen LogP contribution < -0.4 is 0 Å². The Bertz CT molecular complexity index is 926. The summed E-state index contributed by atoms with van der Waals surface area (Å²) in [4.78, 5) is 30.1. The lowest BCUT2D eigenvalue weighted by molar-refractivity contribution is 0.0771. The van der Waals surface area contributed by atoms with E-state index < -0.39 is 16.3 Å². The summed E-state index contributed by atoms with van der Waals surface area (Å²) in [5, 5.41) is 0. The fourth-order valence-electron chi connectivity index (χ4n) is 5.04. The van der Waals surface area contributed by atoms with Crippen LogP contribution in [0.1, 0.15) is 78.1 Å². The number of H-pyrrole nitrogens is 1. The van der Waals surface area contributed by atoms with Gasteiger partial charge in [0.1, 0.15) is 0 Å². The Morgan fingerprint density at radius 2 is 1.65 bits per heavy atom. The molecular weight excluding hydrogens is 416 g/mol. The maximum Gasteiger partial charge on any atom is 0.282 e. The lowest BCUT2D eigenvalue weighted by Crippen LogP contribution is -2.56. The van der Waals surface area contributed by atoms with Gasteiger partial charge in [-0.05, 0) is 46.1 Å². The largest absolute Gasteiger partial charge is 0.355 e. The van der Waals surface area contributed by atoms with Crippen LogP contribution >= 0.6 is 0 Å². The van der Waals surface area contributed by atoms with E-state index in [2.05, 4.69) is 4.98 Å². The van der Waals surface area contributed by atoms with Crippen LogP contribution in [0.2, 0.25) is 0 Å². The number of carbonyl (C=O) groups excluding carboxylic acids is 2. The van der Waals surface area contributed by atoms with Crippen molar-refractivity contribution in [2.45, 2.75) is 71.9 Å². The van der Waals surface area contributed by atoms with Gasteiger partial charge >= 0.3 is 0 Å². The van der Waals surface area contributed by atoms with Crippen LogP contribution in [0.5, 0.6) is 0 Å². The molecule has 1 atom stereocenters. The van der Waals surface area contributed by atoms with Gasteiger partial charge in [-0.3, -0.25) is 14.5 Å². The Morgan fingerprint density at radius 3 is 2.16 bits per heavy atom. The number of hydrogen-bond donors (Lipinski definition) is 1. The average Bonchev–Trinajstić information content (AvgIpc) is 3.06. The molecule has 0 spiro atoms. The van der Waals surface area contributed by atoms with Crippen LogP contribution in [0.25, 0.3) is 0 Å². The van der Waals surface area contributed by atoms with Crippen LogP contribution in [-0.2, 0) is 10.2 Å². The predicted molar refractivity (Wildman–Crippen MR) is 121 cm³/mol. The first-order chi connectivity index (χ1) is 14.6. The standard InChI is InChI=1S/C22H36N4O4S/c1-15-20(18(4)27)16(2)23-21(15)22(28)17(3)25-11-13-26(14-12-25)31(29,30)24(5)19-9-7-6-8-10-19/h17,19,23H,6-14H2,1-5H3. The van der Waals surface area contributed by atoms with Crippen molar-refractivity contribution in [1.82, 2.24) is 18.5 Å². The fourth-order valence-corrected chi connectivity index (χ4v) is 6.61. The van der Waals surface area contributed by atoms with Gasteiger partial charge in [0.15, 0.2) is 11.6 Å². The van der Waals surface area contributed by atoms with E-state index in [0.717, 1.165) is 25.7 Å². The zero-order valence-electron chi connectivity index (χ0n) is 19.4. The number of nitrogens with one attached hydrogen (secondary N) is 1. The minimum atomic E-state index is -3.49. The van der Waals surface area contributed by atoms with Crippen molar-refractivity contribution < 1.29 is 18.0 Å². The Morgan fingerprint density at radius 1 is 1.06 bits per heavy atom. The lowest BCUT2D eigenvalue weighted by Gasteiger charge is -2.40. The zero-order chi connectivity index (χ0) is 22.9. The molecule has 0 amide bonds. The van der Waals surface area contributed by atoms with Gasteiger partial charge in [0, 0.05) is 50.5 Å². The van der Waals surface area contributed by atoms with Gasteiger partial charge in [-0.2, -0.15) is 17.0 Å². The highest BCUT2D eigenvalue weighted by Gasteiger charge is 2.36. The van der Waals surface area contributed by atoms with Gasteiger partial charge in [-0.25, -0.2) is 0 Å². The minimum Gasteiger partial charge on any atom is -0.355 e. The first-order valence-electron chi connectivity index (χ1n) is 11.3. The molecule has 9 heteroatoms. The number of ketones is 2. The van der Waals surface area contributed by atoms with Crippen molar-refractivity contribution in [2.75, 3.05) is 33.2 Å². The molecule has 1 aromatic rings. The number of carbonyl (C=O) groups is 2. The summed E-state index contributed by atoms with van der Waals surface area (Å²) >= 11 is 0. The molecule has 0 aromatic carbocycles. The third-order valence-electron chi connectivity index (χ3n) is 7.02. The van der Waals surface area contributed by atoms with Crippen molar-refractivity contribution in [1.29, 1.82) is 0 Å². The highest BCUT2D eigenvalue weighted by Crippen LogP contribution is 2.26. The summed E-state index contributed by atoms with van der Waals surface area (Å²) < 4.78 is 29.3. The monoisotopic (exact) mass is 452 g/mol. The van der Waals surface area contributed by atoms with E-state index in [1.54, 1.807) is 29.5 Å². The van der Waals surface area contributed by atoms with E-state index >= 15 is 0 Å². The molecule has 174 valence electrons. The maximum absolute atomic E-state index is 13.1. The number of nitrogens with zero attached hydrogens (tertiary/aromatic N) is 3. The van der Waals surface area contributed by atoms with Crippen LogP contribution in [0.3, 0.4) is 0 Å². The molecule has 1 saturated heterocycles. The quantitative estimate of drug-likeness (QED) is 0.642. The average molecular weight is 453 g/mol. The molecular formula is C22H36N4O4S. The predicted octanol–water partition coefficient (Wildman–Crippen LogP) is 2.53. The van der Waals surface area contributed by atoms with Crippen molar-refractivity contribution in [2.24, 2.45) is 0 Å². The molecule has 1 N–H and O–H groups in total. The molecule has 8 nitrogen and oxygen atoms in total. The number of piperazine rings is 1. The smallest absolute Gasteiger partial charge is 0.282 e. The summed E-state index contributed by atoms with van der Waals surface area (Å²) in [5.41, 5.74) is 2.46. The van der Waals surface area contributed by atoms with Gasteiger partial charge in [-0.1, -0.05) is 19.3 Å². The summed E-state index contributed by atoms with van der Waals surface area (Å²) in [6.07, 6.45) is 5.21. The van der Waals surface area contributed by atoms with Gasteiger partial charge in [0.25, 0.3) is 10.2 Å². The Labute approximate surface area is 186 Å². The number of aromatic nitrogens is 1. The number of Topliss-reactive ketones (excluding diaryl/α,β-unsaturated/α-hetero) is 2. The number of aromatic amines is 1. The van der Waals surface area contributed by atoms with Crippen molar-refractivity contribution >= 4 is 21.8 Å². The van der Waals surface area contributed by atoms with E-state index in [1.165, 1.54) is 13.3 Å². The van der Waals surface area contributed by atoms with Crippen molar-refractivity contribution in [3.8, 4) is 0 Å². The van der Waals surface area contributed by atoms with Crippen LogP contribution in [0.15, 0.2) is 0 Å². The third kappa shape index (κ3) is 4.79. The first-order valence-corrected chi connectivity index (χ1v) is 12.7. The Kier molecular flexibility index (Phi) is 7.40. The highest BCUT2D eigenvalue weighted by atomic mass is 32.2. The van der Waals surface area contributed by atoms with Crippen molar-refractivity contribution in [3.05, 3.63) is 22.5 Å². The summed E-state index contributed by atoms with van der Waals surface area (Å²) in [7, 11) is -1.79. The maximum atomic E-state index is 13.1. The van der Waals surface area contributed by atoms with Gasteiger partial charge in [-0.15, -0.1) is 0 Å². The van der Waals surface area contributed by atoms with Crippen molar-refractivity contribution in [3.63, 3.8) is 0 Å². The van der Waals surface area contributed by atoms with E-state index in [9.17, 15) is 18.0 Å². The molecule has 31 heavy (non-hydrogen) atoms. The molecule has 2 fully saturated rings. The summed E-state index contributed by atoms with van der Waals surface area (Å²) in [5.74, 6) is -0.123. The normalized spacial score (nSPS) is 20.8. The lowest BCUT2D eigenvalue weighted by atomic mass is 9.96. The van der Waals surface area contributed by atoms with Gasteiger partial charge in [0.2, 0.25) is 0 Å². The van der Waals surface area contributed by atoms with E-state index in [0.29, 0.717) is 48.7 Å². The van der Waals surface area contributed by atoms with Gasteiger partial charge in [0.05, 0.1) is 11.7 Å². The minimum absolute atomic E-state index is 0.0566. The fraction of sp³-hybridized carbons (Fsp3) is 0.727. The summed E-state index contributed by atoms with van der Waals surface area (Å²) in [6.45, 7) is 8.71. The number of hydrogen-bond acceptors (Lipinski definition) is 5. The molecule has 1 saturated carbocycles. The molecule has 1 aliphatic carbocycles. The highest BCUT2D eigenvalue weighted by molar-refractivity contribution is 7.86. The van der Waals surface area contributed by atoms with Crippen LogP contribution in [0.4, 0.5) is 0 Å². The molecule has 2 aliphatic rings. The second-order valence-corrected chi connectivity index (χ2v) is 11.0. The molecule has 1 unspecified atom stereocenters. The van der Waals surface area contributed by atoms with Gasteiger partial charge < -0.3 is 4.98 Å². The van der Waals surface area contributed by atoms with E-state index in [1.807, 2.05) is 11.8 Å². The van der Waals surface area contributed by atoms with Crippen LogP contribution in [-0.4, -0.2) is 83.8 Å². The SMILES string of the molecule is CC(=O)c1c(C)[nH]c(C(=O)C(C)N2CCN(S(=O)(=O)N(C)C3CCCCC3)CC2)c1C. The van der Waals surface area contributed by atoms with E-state index in [4.69, 9.17) is 0 Å². The summed E-state index contributed by atoms with van der Waals surface area (Å²) in [6, 6.07) is -0.302. The molecule has 3 rings (SSSR count). The third-order valence-corrected chi connectivity index (χ3v) is 9.06. The second-order valence-electron chi connectivity index (χ2n) is 8.97. The topological polar surface area (TPSA) is 93.8 Å². The number of aryl methyl sites for hydroxylation is 1. The Balaban J connectivity index is 1.64. The second kappa shape index (κ2) is 9.52. The molecule has 1 aromatic heterocycles. The molecule has 1 aliphatic heterocycles. The molecule has 2 heterocycles. The Hall–Kier alpha value is -1.55. The van der Waals surface area contributed by atoms with Crippen LogP contribution in [0, 0.1) is 13.8 Å².